The fourth-order valence-electron chi connectivity index (χ4n) is 1.98. The second-order valence-corrected chi connectivity index (χ2v) is 5.89. The van der Waals surface area contributed by atoms with Crippen LogP contribution < -0.4 is 15.4 Å². The van der Waals surface area contributed by atoms with Crippen LogP contribution in [0.1, 0.15) is 12.5 Å². The third-order valence-corrected chi connectivity index (χ3v) is 3.51. The second-order valence-electron chi connectivity index (χ2n) is 4.97. The number of aryl methyl sites for hydroxylation is 1. The lowest BCUT2D eigenvalue weighted by atomic mass is 10.2. The minimum atomic E-state index is -0.270. The highest BCUT2D eigenvalue weighted by Gasteiger charge is 2.09. The molecule has 6 heteroatoms. The van der Waals surface area contributed by atoms with Gasteiger partial charge in [-0.05, 0) is 42.8 Å². The van der Waals surface area contributed by atoms with Gasteiger partial charge in [0.15, 0.2) is 6.61 Å². The van der Waals surface area contributed by atoms with E-state index in [4.69, 9.17) is 4.74 Å². The number of ether oxygens (including phenoxy) is 1. The van der Waals surface area contributed by atoms with E-state index < -0.39 is 0 Å². The van der Waals surface area contributed by atoms with Crippen LogP contribution in [0, 0.1) is 6.92 Å². The van der Waals surface area contributed by atoms with Gasteiger partial charge in [-0.2, -0.15) is 0 Å². The zero-order chi connectivity index (χ0) is 16.8. The Morgan fingerprint density at radius 2 is 1.83 bits per heavy atom. The normalized spacial score (nSPS) is 10.0. The first-order valence-corrected chi connectivity index (χ1v) is 7.80. The molecule has 120 valence electrons. The summed E-state index contributed by atoms with van der Waals surface area (Å²) in [4.78, 5) is 23.2. The van der Waals surface area contributed by atoms with E-state index in [1.165, 1.54) is 6.92 Å². The van der Waals surface area contributed by atoms with Crippen molar-refractivity contribution in [1.29, 1.82) is 0 Å². The number of carbonyl (C=O) groups excluding carboxylic acids is 2. The minimum absolute atomic E-state index is 0.147. The first kappa shape index (κ1) is 17.0. The van der Waals surface area contributed by atoms with Gasteiger partial charge < -0.3 is 15.4 Å². The summed E-state index contributed by atoms with van der Waals surface area (Å²) in [5, 5.41) is 5.46. The van der Waals surface area contributed by atoms with Crippen LogP contribution in [-0.4, -0.2) is 18.4 Å². The first-order valence-electron chi connectivity index (χ1n) is 7.01. The Morgan fingerprint density at radius 1 is 1.09 bits per heavy atom. The Kier molecular flexibility index (Phi) is 5.76. The highest BCUT2D eigenvalue weighted by atomic mass is 79.9. The van der Waals surface area contributed by atoms with E-state index >= 15 is 0 Å². The molecule has 0 radical (unpaired) electrons. The SMILES string of the molecule is CC(=O)Nc1ccccc1OCC(=O)Nc1ccc(Br)cc1C. The van der Waals surface area contributed by atoms with Gasteiger partial charge >= 0.3 is 0 Å². The van der Waals surface area contributed by atoms with Crippen molar-refractivity contribution < 1.29 is 14.3 Å². The third kappa shape index (κ3) is 5.10. The van der Waals surface area contributed by atoms with Gasteiger partial charge in [0, 0.05) is 17.1 Å². The first-order chi connectivity index (χ1) is 11.0. The molecule has 0 aliphatic carbocycles. The summed E-state index contributed by atoms with van der Waals surface area (Å²) < 4.78 is 6.45. The second kappa shape index (κ2) is 7.78. The number of rotatable bonds is 5. The highest BCUT2D eigenvalue weighted by Crippen LogP contribution is 2.24. The van der Waals surface area contributed by atoms with Crippen LogP contribution in [0.3, 0.4) is 0 Å². The number of halogens is 1. The van der Waals surface area contributed by atoms with Crippen molar-refractivity contribution in [2.75, 3.05) is 17.2 Å². The molecule has 0 bridgehead atoms. The summed E-state index contributed by atoms with van der Waals surface area (Å²) in [7, 11) is 0. The summed E-state index contributed by atoms with van der Waals surface area (Å²) in [6.07, 6.45) is 0. The van der Waals surface area contributed by atoms with Crippen molar-refractivity contribution in [3.63, 3.8) is 0 Å². The van der Waals surface area contributed by atoms with E-state index in [9.17, 15) is 9.59 Å². The van der Waals surface area contributed by atoms with Crippen molar-refractivity contribution in [2.24, 2.45) is 0 Å². The number of para-hydroxylation sites is 2. The van der Waals surface area contributed by atoms with Gasteiger partial charge in [-0.1, -0.05) is 28.1 Å². The molecule has 2 aromatic rings. The average molecular weight is 377 g/mol. The molecule has 23 heavy (non-hydrogen) atoms. The molecule has 2 N–H and O–H groups in total. The molecule has 2 amide bonds. The maximum Gasteiger partial charge on any atom is 0.262 e. The Labute approximate surface area is 143 Å². The quantitative estimate of drug-likeness (QED) is 0.835. The third-order valence-electron chi connectivity index (χ3n) is 3.02. The summed E-state index contributed by atoms with van der Waals surface area (Å²) in [6.45, 7) is 3.18. The van der Waals surface area contributed by atoms with E-state index in [0.717, 1.165) is 15.7 Å². The predicted octanol–water partition coefficient (Wildman–Crippen LogP) is 3.73. The molecular weight excluding hydrogens is 360 g/mol. The van der Waals surface area contributed by atoms with Crippen LogP contribution >= 0.6 is 15.9 Å². The Hall–Kier alpha value is -2.34. The lowest BCUT2D eigenvalue weighted by Gasteiger charge is -2.12. The summed E-state index contributed by atoms with van der Waals surface area (Å²) in [5.41, 5.74) is 2.22. The Bertz CT molecular complexity index is 732. The van der Waals surface area contributed by atoms with Crippen LogP contribution in [0.4, 0.5) is 11.4 Å². The molecule has 2 aromatic carbocycles. The topological polar surface area (TPSA) is 67.4 Å². The molecule has 0 unspecified atom stereocenters. The fraction of sp³-hybridized carbons (Fsp3) is 0.176. The maximum atomic E-state index is 12.0. The van der Waals surface area contributed by atoms with Gasteiger partial charge in [-0.15, -0.1) is 0 Å². The van der Waals surface area contributed by atoms with Gasteiger partial charge in [0.1, 0.15) is 5.75 Å². The molecule has 2 rings (SSSR count). The number of amides is 2. The predicted molar refractivity (Wildman–Crippen MR) is 93.7 cm³/mol. The van der Waals surface area contributed by atoms with Crippen molar-refractivity contribution in [3.05, 3.63) is 52.5 Å². The van der Waals surface area contributed by atoms with Crippen LogP contribution in [0.5, 0.6) is 5.75 Å². The van der Waals surface area contributed by atoms with Crippen molar-refractivity contribution in [3.8, 4) is 5.75 Å². The van der Waals surface area contributed by atoms with Gasteiger partial charge in [-0.25, -0.2) is 0 Å². The van der Waals surface area contributed by atoms with E-state index in [-0.39, 0.29) is 18.4 Å². The molecular formula is C17H17BrN2O3. The van der Waals surface area contributed by atoms with Gasteiger partial charge in [0.25, 0.3) is 5.91 Å². The molecule has 0 saturated heterocycles. The van der Waals surface area contributed by atoms with E-state index in [1.54, 1.807) is 24.3 Å². The average Bonchev–Trinajstić information content (AvgIpc) is 2.49. The summed E-state index contributed by atoms with van der Waals surface area (Å²) in [6, 6.07) is 12.6. The number of nitrogens with one attached hydrogen (secondary N) is 2. The summed E-state index contributed by atoms with van der Waals surface area (Å²) >= 11 is 3.38. The number of benzene rings is 2. The van der Waals surface area contributed by atoms with E-state index in [0.29, 0.717) is 11.4 Å². The zero-order valence-electron chi connectivity index (χ0n) is 12.9. The lowest BCUT2D eigenvalue weighted by Crippen LogP contribution is -2.21. The van der Waals surface area contributed by atoms with E-state index in [2.05, 4.69) is 26.6 Å². The van der Waals surface area contributed by atoms with Crippen LogP contribution in [-0.2, 0) is 9.59 Å². The lowest BCUT2D eigenvalue weighted by molar-refractivity contribution is -0.118. The highest BCUT2D eigenvalue weighted by molar-refractivity contribution is 9.10. The van der Waals surface area contributed by atoms with E-state index in [1.807, 2.05) is 25.1 Å². The fourth-order valence-corrected chi connectivity index (χ4v) is 2.46. The van der Waals surface area contributed by atoms with Gasteiger partial charge in [-0.3, -0.25) is 9.59 Å². The minimum Gasteiger partial charge on any atom is -0.482 e. The van der Waals surface area contributed by atoms with Crippen LogP contribution in [0.25, 0.3) is 0 Å². The van der Waals surface area contributed by atoms with Crippen LogP contribution in [0.15, 0.2) is 46.9 Å². The molecule has 0 heterocycles. The molecule has 0 spiro atoms. The number of carbonyl (C=O) groups is 2. The molecule has 0 aliphatic heterocycles. The maximum absolute atomic E-state index is 12.0. The standard InChI is InChI=1S/C17H17BrN2O3/c1-11-9-13(18)7-8-14(11)20-17(22)10-23-16-6-4-3-5-15(16)19-12(2)21/h3-9H,10H2,1-2H3,(H,19,21)(H,20,22). The summed E-state index contributed by atoms with van der Waals surface area (Å²) in [5.74, 6) is -0.0191. The number of hydrogen-bond acceptors (Lipinski definition) is 3. The monoisotopic (exact) mass is 376 g/mol. The molecule has 0 fully saturated rings. The van der Waals surface area contributed by atoms with Crippen molar-refractivity contribution in [2.45, 2.75) is 13.8 Å². The van der Waals surface area contributed by atoms with Gasteiger partial charge in [0.05, 0.1) is 5.69 Å². The zero-order valence-corrected chi connectivity index (χ0v) is 14.4. The van der Waals surface area contributed by atoms with Crippen molar-refractivity contribution in [1.82, 2.24) is 0 Å². The van der Waals surface area contributed by atoms with Crippen molar-refractivity contribution >= 4 is 39.1 Å². The Balaban J connectivity index is 1.98. The largest absolute Gasteiger partial charge is 0.482 e. The molecule has 0 aliphatic rings. The number of anilines is 2. The number of hydrogen-bond donors (Lipinski definition) is 2. The van der Waals surface area contributed by atoms with Crippen LogP contribution in [0.2, 0.25) is 0 Å². The smallest absolute Gasteiger partial charge is 0.262 e. The van der Waals surface area contributed by atoms with Gasteiger partial charge in [0.2, 0.25) is 5.91 Å². The Morgan fingerprint density at radius 3 is 2.52 bits per heavy atom. The molecule has 5 nitrogen and oxygen atoms in total. The molecule has 0 atom stereocenters. The molecule has 0 saturated carbocycles. The molecule has 0 aromatic heterocycles.